The molecule has 1 heterocycles. The van der Waals surface area contributed by atoms with Crippen molar-refractivity contribution in [3.63, 3.8) is 0 Å². The molecule has 24 heavy (non-hydrogen) atoms. The predicted molar refractivity (Wildman–Crippen MR) is 105 cm³/mol. The van der Waals surface area contributed by atoms with Crippen LogP contribution in [0.2, 0.25) is 5.02 Å². The van der Waals surface area contributed by atoms with Gasteiger partial charge in [-0.05, 0) is 36.1 Å². The Kier molecular flexibility index (Phi) is 5.56. The maximum absolute atomic E-state index is 5.98. The van der Waals surface area contributed by atoms with E-state index in [0.29, 0.717) is 0 Å². The normalized spacial score (nSPS) is 12.2. The first-order chi connectivity index (χ1) is 11.7. The van der Waals surface area contributed by atoms with Gasteiger partial charge in [-0.15, -0.1) is 23.1 Å². The van der Waals surface area contributed by atoms with E-state index < -0.39 is 0 Å². The SMILES string of the molecule is CN=c1scc(-c2ccc(Cl)cc2)n1N=Cc1ccc(SC)cc1. The molecular formula is C18H16ClN3S2. The lowest BCUT2D eigenvalue weighted by Gasteiger charge is -2.04. The van der Waals surface area contributed by atoms with Crippen LogP contribution in [0.3, 0.4) is 0 Å². The zero-order valence-electron chi connectivity index (χ0n) is 13.3. The number of hydrogen-bond donors (Lipinski definition) is 0. The quantitative estimate of drug-likeness (QED) is 0.467. The second-order valence-corrected chi connectivity index (χ2v) is 7.12. The molecule has 0 radical (unpaired) electrons. The maximum Gasteiger partial charge on any atom is 0.205 e. The zero-order valence-corrected chi connectivity index (χ0v) is 15.7. The molecule has 0 unspecified atom stereocenters. The summed E-state index contributed by atoms with van der Waals surface area (Å²) in [7, 11) is 1.77. The van der Waals surface area contributed by atoms with Crippen LogP contribution in [-0.4, -0.2) is 24.2 Å². The van der Waals surface area contributed by atoms with Gasteiger partial charge in [0.1, 0.15) is 0 Å². The second kappa shape index (κ2) is 7.83. The van der Waals surface area contributed by atoms with Gasteiger partial charge in [0.05, 0.1) is 11.9 Å². The molecule has 3 aromatic rings. The van der Waals surface area contributed by atoms with Crippen LogP contribution in [0.25, 0.3) is 11.3 Å². The van der Waals surface area contributed by atoms with Crippen LogP contribution < -0.4 is 4.80 Å². The molecule has 0 N–H and O–H groups in total. The fraction of sp³-hybridized carbons (Fsp3) is 0.111. The number of benzene rings is 2. The Morgan fingerprint density at radius 3 is 2.42 bits per heavy atom. The topological polar surface area (TPSA) is 29.6 Å². The Morgan fingerprint density at radius 1 is 1.08 bits per heavy atom. The van der Waals surface area contributed by atoms with E-state index in [1.54, 1.807) is 30.1 Å². The summed E-state index contributed by atoms with van der Waals surface area (Å²) in [5.74, 6) is 0. The van der Waals surface area contributed by atoms with Gasteiger partial charge in [0.25, 0.3) is 0 Å². The summed E-state index contributed by atoms with van der Waals surface area (Å²) in [4.78, 5) is 6.39. The minimum atomic E-state index is 0.721. The molecule has 122 valence electrons. The molecule has 0 atom stereocenters. The van der Waals surface area contributed by atoms with Crippen molar-refractivity contribution in [1.29, 1.82) is 0 Å². The Hall–Kier alpha value is -1.82. The Labute approximate surface area is 154 Å². The molecule has 0 amide bonds. The molecule has 0 aliphatic carbocycles. The van der Waals surface area contributed by atoms with Crippen LogP contribution in [0.1, 0.15) is 5.56 Å². The maximum atomic E-state index is 5.98. The highest BCUT2D eigenvalue weighted by atomic mass is 35.5. The minimum absolute atomic E-state index is 0.721. The van der Waals surface area contributed by atoms with Crippen LogP contribution in [0.5, 0.6) is 0 Å². The van der Waals surface area contributed by atoms with E-state index >= 15 is 0 Å². The fourth-order valence-corrected chi connectivity index (χ4v) is 3.53. The summed E-state index contributed by atoms with van der Waals surface area (Å²) in [5, 5.41) is 7.41. The summed E-state index contributed by atoms with van der Waals surface area (Å²) in [6, 6.07) is 16.1. The van der Waals surface area contributed by atoms with Gasteiger partial charge >= 0.3 is 0 Å². The first-order valence-electron chi connectivity index (χ1n) is 7.29. The molecule has 3 rings (SSSR count). The van der Waals surface area contributed by atoms with Crippen LogP contribution in [0.15, 0.2) is 68.9 Å². The summed E-state index contributed by atoms with van der Waals surface area (Å²) >= 11 is 9.27. The van der Waals surface area contributed by atoms with Gasteiger partial charge in [-0.3, -0.25) is 4.99 Å². The van der Waals surface area contributed by atoms with Crippen molar-refractivity contribution < 1.29 is 0 Å². The number of halogens is 1. The standard InChI is InChI=1S/C18H16ClN3S2/c1-20-18-22(21-11-13-3-9-16(23-2)10-4-13)17(12-24-18)14-5-7-15(19)8-6-14/h3-12H,1-2H3. The van der Waals surface area contributed by atoms with Crippen LogP contribution in [-0.2, 0) is 0 Å². The van der Waals surface area contributed by atoms with E-state index in [1.807, 2.05) is 35.2 Å². The van der Waals surface area contributed by atoms with Crippen molar-refractivity contribution in [3.05, 3.63) is 69.3 Å². The molecule has 0 fully saturated rings. The Morgan fingerprint density at radius 2 is 1.79 bits per heavy atom. The highest BCUT2D eigenvalue weighted by Crippen LogP contribution is 2.22. The summed E-state index contributed by atoms with van der Waals surface area (Å²) in [5.41, 5.74) is 3.10. The predicted octanol–water partition coefficient (Wildman–Crippen LogP) is 5.00. The number of hydrogen-bond acceptors (Lipinski definition) is 4. The lowest BCUT2D eigenvalue weighted by atomic mass is 10.2. The number of aromatic nitrogens is 1. The summed E-state index contributed by atoms with van der Waals surface area (Å²) in [6.07, 6.45) is 3.92. The molecular weight excluding hydrogens is 358 g/mol. The van der Waals surface area contributed by atoms with Gasteiger partial charge in [-0.2, -0.15) is 5.10 Å². The van der Waals surface area contributed by atoms with Gasteiger partial charge in [-0.1, -0.05) is 35.9 Å². The highest BCUT2D eigenvalue weighted by molar-refractivity contribution is 7.98. The average Bonchev–Trinajstić information content (AvgIpc) is 3.04. The van der Waals surface area contributed by atoms with Crippen molar-refractivity contribution in [2.45, 2.75) is 4.90 Å². The second-order valence-electron chi connectivity index (χ2n) is 4.96. The molecule has 0 aliphatic heterocycles. The minimum Gasteiger partial charge on any atom is -0.261 e. The number of thioether (sulfide) groups is 1. The van der Waals surface area contributed by atoms with Gasteiger partial charge in [-0.25, -0.2) is 4.68 Å². The van der Waals surface area contributed by atoms with E-state index in [9.17, 15) is 0 Å². The molecule has 1 aromatic heterocycles. The van der Waals surface area contributed by atoms with Crippen LogP contribution in [0, 0.1) is 0 Å². The average molecular weight is 374 g/mol. The van der Waals surface area contributed by atoms with Crippen molar-refractivity contribution in [1.82, 2.24) is 4.68 Å². The van der Waals surface area contributed by atoms with Crippen molar-refractivity contribution in [2.75, 3.05) is 13.3 Å². The lowest BCUT2D eigenvalue weighted by Crippen LogP contribution is -2.11. The molecule has 0 bridgehead atoms. The molecule has 0 saturated heterocycles. The highest BCUT2D eigenvalue weighted by Gasteiger charge is 2.07. The first kappa shape index (κ1) is 17.0. The van der Waals surface area contributed by atoms with Crippen LogP contribution >= 0.6 is 34.7 Å². The van der Waals surface area contributed by atoms with Crippen molar-refractivity contribution in [2.24, 2.45) is 10.1 Å². The van der Waals surface area contributed by atoms with Crippen molar-refractivity contribution in [3.8, 4) is 11.3 Å². The third-order valence-electron chi connectivity index (χ3n) is 3.45. The molecule has 0 spiro atoms. The Bertz CT molecular complexity index is 907. The van der Waals surface area contributed by atoms with Crippen LogP contribution in [0.4, 0.5) is 0 Å². The van der Waals surface area contributed by atoms with E-state index in [-0.39, 0.29) is 0 Å². The van der Waals surface area contributed by atoms with Gasteiger partial charge < -0.3 is 0 Å². The molecule has 3 nitrogen and oxygen atoms in total. The van der Waals surface area contributed by atoms with E-state index in [4.69, 9.17) is 11.6 Å². The molecule has 6 heteroatoms. The van der Waals surface area contributed by atoms with Crippen molar-refractivity contribution >= 4 is 40.9 Å². The van der Waals surface area contributed by atoms with Gasteiger partial charge in [0.2, 0.25) is 4.80 Å². The lowest BCUT2D eigenvalue weighted by molar-refractivity contribution is 0.848. The first-order valence-corrected chi connectivity index (χ1v) is 9.77. The number of thiazole rings is 1. The molecule has 2 aromatic carbocycles. The zero-order chi connectivity index (χ0) is 16.9. The summed E-state index contributed by atoms with van der Waals surface area (Å²) in [6.45, 7) is 0. The molecule has 0 aliphatic rings. The third-order valence-corrected chi connectivity index (χ3v) is 5.36. The Balaban J connectivity index is 1.98. The summed E-state index contributed by atoms with van der Waals surface area (Å²) < 4.78 is 1.86. The fourth-order valence-electron chi connectivity index (χ4n) is 2.20. The molecule has 0 saturated carbocycles. The third kappa shape index (κ3) is 3.80. The monoisotopic (exact) mass is 373 g/mol. The number of nitrogens with zero attached hydrogens (tertiary/aromatic N) is 3. The van der Waals surface area contributed by atoms with Gasteiger partial charge in [0, 0.05) is 27.9 Å². The van der Waals surface area contributed by atoms with Gasteiger partial charge in [0.15, 0.2) is 0 Å². The van der Waals surface area contributed by atoms with E-state index in [1.165, 1.54) is 4.90 Å². The van der Waals surface area contributed by atoms with E-state index in [2.05, 4.69) is 46.0 Å². The number of rotatable bonds is 4. The smallest absolute Gasteiger partial charge is 0.205 e. The van der Waals surface area contributed by atoms with E-state index in [0.717, 1.165) is 26.6 Å². The largest absolute Gasteiger partial charge is 0.261 e.